The summed E-state index contributed by atoms with van der Waals surface area (Å²) >= 11 is 4.73. The molecule has 0 aliphatic rings. The van der Waals surface area contributed by atoms with Crippen molar-refractivity contribution < 1.29 is 8.42 Å². The van der Waals surface area contributed by atoms with Gasteiger partial charge in [-0.2, -0.15) is 0 Å². The lowest BCUT2D eigenvalue weighted by molar-refractivity contribution is 0.579. The van der Waals surface area contributed by atoms with Gasteiger partial charge in [-0.25, -0.2) is 13.1 Å². The van der Waals surface area contributed by atoms with E-state index >= 15 is 0 Å². The summed E-state index contributed by atoms with van der Waals surface area (Å²) in [5.74, 6) is 0. The Labute approximate surface area is 114 Å². The van der Waals surface area contributed by atoms with E-state index in [2.05, 4.69) is 4.72 Å². The molecular formula is C12H18N2O2S2. The van der Waals surface area contributed by atoms with Gasteiger partial charge in [-0.3, -0.25) is 0 Å². The molecule has 4 nitrogen and oxygen atoms in total. The zero-order chi connectivity index (χ0) is 13.8. The third-order valence-electron chi connectivity index (χ3n) is 2.53. The van der Waals surface area contributed by atoms with E-state index in [-0.39, 0.29) is 0 Å². The monoisotopic (exact) mass is 286 g/mol. The van der Waals surface area contributed by atoms with E-state index in [1.54, 1.807) is 19.1 Å². The summed E-state index contributed by atoms with van der Waals surface area (Å²) < 4.78 is 26.7. The average Bonchev–Trinajstić information content (AvgIpc) is 2.27. The zero-order valence-electron chi connectivity index (χ0n) is 10.6. The van der Waals surface area contributed by atoms with Crippen LogP contribution in [0.25, 0.3) is 0 Å². The molecule has 6 heteroatoms. The SMILES string of the molecule is Cc1ccc(C)c(S(=O)(=O)NCCCC(N)=S)c1. The molecule has 0 aliphatic carbocycles. The van der Waals surface area contributed by atoms with E-state index in [1.807, 2.05) is 13.0 Å². The van der Waals surface area contributed by atoms with Crippen molar-refractivity contribution in [3.63, 3.8) is 0 Å². The maximum atomic E-state index is 12.1. The lowest BCUT2D eigenvalue weighted by atomic mass is 10.2. The van der Waals surface area contributed by atoms with E-state index < -0.39 is 10.0 Å². The van der Waals surface area contributed by atoms with Crippen LogP contribution >= 0.6 is 12.2 Å². The normalized spacial score (nSPS) is 11.4. The first kappa shape index (κ1) is 15.1. The van der Waals surface area contributed by atoms with Gasteiger partial charge in [0.1, 0.15) is 0 Å². The number of rotatable bonds is 6. The summed E-state index contributed by atoms with van der Waals surface area (Å²) in [6.07, 6.45) is 1.16. The Morgan fingerprint density at radius 3 is 2.67 bits per heavy atom. The summed E-state index contributed by atoms with van der Waals surface area (Å²) in [4.78, 5) is 0.735. The minimum Gasteiger partial charge on any atom is -0.393 e. The minimum atomic E-state index is -3.45. The highest BCUT2D eigenvalue weighted by atomic mass is 32.2. The third-order valence-corrected chi connectivity index (χ3v) is 4.33. The molecule has 1 rings (SSSR count). The molecule has 0 bridgehead atoms. The molecule has 100 valence electrons. The smallest absolute Gasteiger partial charge is 0.240 e. The van der Waals surface area contributed by atoms with Crippen LogP contribution < -0.4 is 10.5 Å². The number of nitrogens with one attached hydrogen (secondary N) is 1. The van der Waals surface area contributed by atoms with E-state index in [4.69, 9.17) is 18.0 Å². The van der Waals surface area contributed by atoms with Crippen LogP contribution in [0.5, 0.6) is 0 Å². The van der Waals surface area contributed by atoms with Crippen molar-refractivity contribution in [2.45, 2.75) is 31.6 Å². The van der Waals surface area contributed by atoms with Gasteiger partial charge in [-0.1, -0.05) is 24.4 Å². The second-order valence-corrected chi connectivity index (χ2v) is 6.50. The molecule has 3 N–H and O–H groups in total. The number of hydrogen-bond donors (Lipinski definition) is 2. The molecular weight excluding hydrogens is 268 g/mol. The van der Waals surface area contributed by atoms with Crippen LogP contribution in [0.1, 0.15) is 24.0 Å². The molecule has 0 saturated carbocycles. The fourth-order valence-corrected chi connectivity index (χ4v) is 3.09. The van der Waals surface area contributed by atoms with Crippen LogP contribution in [0.3, 0.4) is 0 Å². The maximum absolute atomic E-state index is 12.1. The summed E-state index contributed by atoms with van der Waals surface area (Å²) in [5.41, 5.74) is 7.01. The molecule has 0 aromatic heterocycles. The Bertz CT molecular complexity index is 539. The standard InChI is InChI=1S/C12H18N2O2S2/c1-9-5-6-10(2)11(8-9)18(15,16)14-7-3-4-12(13)17/h5-6,8,14H,3-4,7H2,1-2H3,(H2,13,17). The number of nitrogens with two attached hydrogens (primary N) is 1. The molecule has 0 saturated heterocycles. The Morgan fingerprint density at radius 2 is 2.06 bits per heavy atom. The van der Waals surface area contributed by atoms with Crippen molar-refractivity contribution >= 4 is 27.2 Å². The average molecular weight is 286 g/mol. The molecule has 0 fully saturated rings. The van der Waals surface area contributed by atoms with Crippen molar-refractivity contribution in [1.29, 1.82) is 0 Å². The van der Waals surface area contributed by atoms with Crippen molar-refractivity contribution in [2.75, 3.05) is 6.54 Å². The van der Waals surface area contributed by atoms with Crippen LogP contribution in [-0.2, 0) is 10.0 Å². The van der Waals surface area contributed by atoms with Crippen LogP contribution in [0.4, 0.5) is 0 Å². The molecule has 1 aromatic carbocycles. The molecule has 0 unspecified atom stereocenters. The van der Waals surface area contributed by atoms with Crippen molar-refractivity contribution in [1.82, 2.24) is 4.72 Å². The van der Waals surface area contributed by atoms with Crippen molar-refractivity contribution in [3.8, 4) is 0 Å². The molecule has 0 heterocycles. The maximum Gasteiger partial charge on any atom is 0.240 e. The number of hydrogen-bond acceptors (Lipinski definition) is 3. The summed E-state index contributed by atoms with van der Waals surface area (Å²) in [7, 11) is -3.45. The van der Waals surface area contributed by atoms with E-state index in [0.717, 1.165) is 11.1 Å². The summed E-state index contributed by atoms with van der Waals surface area (Å²) in [6.45, 7) is 3.99. The topological polar surface area (TPSA) is 72.2 Å². The van der Waals surface area contributed by atoms with Gasteiger partial charge in [0.15, 0.2) is 0 Å². The second kappa shape index (κ2) is 6.26. The van der Waals surface area contributed by atoms with Gasteiger partial charge in [0, 0.05) is 6.54 Å². The molecule has 0 aliphatic heterocycles. The fraction of sp³-hybridized carbons (Fsp3) is 0.417. The fourth-order valence-electron chi connectivity index (χ4n) is 1.54. The van der Waals surface area contributed by atoms with Gasteiger partial charge >= 0.3 is 0 Å². The largest absolute Gasteiger partial charge is 0.393 e. The van der Waals surface area contributed by atoms with Crippen LogP contribution in [0, 0.1) is 13.8 Å². The molecule has 0 spiro atoms. The Morgan fingerprint density at radius 1 is 1.39 bits per heavy atom. The zero-order valence-corrected chi connectivity index (χ0v) is 12.2. The molecule has 0 amide bonds. The Balaban J connectivity index is 2.74. The van der Waals surface area contributed by atoms with Gasteiger partial charge < -0.3 is 5.73 Å². The van der Waals surface area contributed by atoms with Gasteiger partial charge in [-0.15, -0.1) is 0 Å². The predicted octanol–water partition coefficient (Wildman–Crippen LogP) is 1.65. The third kappa shape index (κ3) is 4.36. The van der Waals surface area contributed by atoms with Crippen LogP contribution in [-0.4, -0.2) is 20.0 Å². The van der Waals surface area contributed by atoms with E-state index in [0.29, 0.717) is 29.3 Å². The molecule has 18 heavy (non-hydrogen) atoms. The van der Waals surface area contributed by atoms with Crippen molar-refractivity contribution in [3.05, 3.63) is 29.3 Å². The number of sulfonamides is 1. The quantitative estimate of drug-likeness (QED) is 0.616. The lowest BCUT2D eigenvalue weighted by Crippen LogP contribution is -2.26. The molecule has 1 aromatic rings. The predicted molar refractivity (Wildman–Crippen MR) is 77.1 cm³/mol. The van der Waals surface area contributed by atoms with Gasteiger partial charge in [0.25, 0.3) is 0 Å². The number of benzene rings is 1. The highest BCUT2D eigenvalue weighted by molar-refractivity contribution is 7.89. The van der Waals surface area contributed by atoms with Gasteiger partial charge in [0.2, 0.25) is 10.0 Å². The summed E-state index contributed by atoms with van der Waals surface area (Å²) in [6, 6.07) is 5.37. The number of aryl methyl sites for hydroxylation is 2. The Hall–Kier alpha value is -0.980. The first-order valence-corrected chi connectivity index (χ1v) is 7.57. The highest BCUT2D eigenvalue weighted by Crippen LogP contribution is 2.16. The van der Waals surface area contributed by atoms with E-state index in [9.17, 15) is 8.42 Å². The van der Waals surface area contributed by atoms with Crippen molar-refractivity contribution in [2.24, 2.45) is 5.73 Å². The van der Waals surface area contributed by atoms with Crippen LogP contribution in [0.15, 0.2) is 23.1 Å². The van der Waals surface area contributed by atoms with E-state index in [1.165, 1.54) is 0 Å². The first-order valence-electron chi connectivity index (χ1n) is 5.68. The molecule has 0 radical (unpaired) electrons. The Kier molecular flexibility index (Phi) is 5.25. The lowest BCUT2D eigenvalue weighted by Gasteiger charge is -2.09. The minimum absolute atomic E-state index is 0.331. The molecule has 0 atom stereocenters. The number of thiocarbonyl (C=S) groups is 1. The van der Waals surface area contributed by atoms with Gasteiger partial charge in [-0.05, 0) is 43.9 Å². The second-order valence-electron chi connectivity index (χ2n) is 4.24. The highest BCUT2D eigenvalue weighted by Gasteiger charge is 2.15. The van der Waals surface area contributed by atoms with Crippen LogP contribution in [0.2, 0.25) is 0 Å². The van der Waals surface area contributed by atoms with Gasteiger partial charge in [0.05, 0.1) is 9.88 Å². The first-order chi connectivity index (χ1) is 8.33. The summed E-state index contributed by atoms with van der Waals surface area (Å²) in [5, 5.41) is 0.